The first-order valence-corrected chi connectivity index (χ1v) is 10.4. The summed E-state index contributed by atoms with van der Waals surface area (Å²) in [4.78, 5) is 15.4. The van der Waals surface area contributed by atoms with Crippen molar-refractivity contribution in [3.63, 3.8) is 0 Å². The van der Waals surface area contributed by atoms with Crippen LogP contribution in [0, 0.1) is 18.2 Å². The number of anilines is 1. The molecule has 31 heavy (non-hydrogen) atoms. The molecule has 3 aliphatic rings. The molecule has 1 spiro atoms. The number of aliphatic imine (C=N–C) groups is 2. The number of oxazole rings is 1. The minimum absolute atomic E-state index is 0.0368. The standard InChI is InChI=1S/C22H22FN5O3/c1-11-6-28-19-14(5-22(8-24-10-25-9-22)21(28)12(2)30-11)4-15-18(16-7-29-13(3)26-16)27-31-20(15)17(19)23/h4,7-9,11-12,21H,5-6,10H2,1-3H3/t11-,12+,21-/m1/s1. The normalized spacial score (nSPS) is 26.5. The second-order valence-corrected chi connectivity index (χ2v) is 8.66. The van der Waals surface area contributed by atoms with Crippen LogP contribution in [0.3, 0.4) is 0 Å². The molecule has 0 amide bonds. The summed E-state index contributed by atoms with van der Waals surface area (Å²) in [6, 6.07) is 1.85. The van der Waals surface area contributed by atoms with Gasteiger partial charge in [-0.3, -0.25) is 9.98 Å². The fourth-order valence-corrected chi connectivity index (χ4v) is 5.45. The van der Waals surface area contributed by atoms with Gasteiger partial charge in [0.2, 0.25) is 5.58 Å². The molecule has 0 bridgehead atoms. The van der Waals surface area contributed by atoms with Crippen molar-refractivity contribution < 1.29 is 18.1 Å². The zero-order valence-electron chi connectivity index (χ0n) is 17.5. The number of benzene rings is 1. The SMILES string of the molecule is Cc1nc(-c2noc3c(F)c4c(cc23)CC2(C=NCN=C2)[C@H]2[C@H](C)O[C@H](C)CN42)co1. The van der Waals surface area contributed by atoms with E-state index in [2.05, 4.69) is 25.0 Å². The maximum Gasteiger partial charge on any atom is 0.205 e. The van der Waals surface area contributed by atoms with E-state index in [1.807, 2.05) is 32.3 Å². The topological polar surface area (TPSA) is 89.2 Å². The van der Waals surface area contributed by atoms with Gasteiger partial charge in [-0.05, 0) is 31.9 Å². The molecule has 0 unspecified atom stereocenters. The van der Waals surface area contributed by atoms with Crippen molar-refractivity contribution in [2.24, 2.45) is 15.4 Å². The number of morpholine rings is 1. The van der Waals surface area contributed by atoms with Crippen LogP contribution in [0.4, 0.5) is 10.1 Å². The summed E-state index contributed by atoms with van der Waals surface area (Å²) in [5.74, 6) is 0.106. The highest BCUT2D eigenvalue weighted by Gasteiger charge is 2.52. The molecule has 2 aromatic heterocycles. The molecule has 8 nitrogen and oxygen atoms in total. The lowest BCUT2D eigenvalue weighted by atomic mass is 9.69. The Bertz CT molecular complexity index is 1230. The maximum atomic E-state index is 15.9. The first-order valence-electron chi connectivity index (χ1n) is 10.4. The average Bonchev–Trinajstić information content (AvgIpc) is 3.34. The smallest absolute Gasteiger partial charge is 0.205 e. The lowest BCUT2D eigenvalue weighted by Crippen LogP contribution is -2.65. The monoisotopic (exact) mass is 423 g/mol. The second-order valence-electron chi connectivity index (χ2n) is 8.66. The van der Waals surface area contributed by atoms with Crippen molar-refractivity contribution in [2.75, 3.05) is 18.1 Å². The summed E-state index contributed by atoms with van der Waals surface area (Å²) >= 11 is 0. The molecular weight excluding hydrogens is 401 g/mol. The Hall–Kier alpha value is -3.07. The summed E-state index contributed by atoms with van der Waals surface area (Å²) in [7, 11) is 0. The quantitative estimate of drug-likeness (QED) is 0.595. The fourth-order valence-electron chi connectivity index (χ4n) is 5.45. The summed E-state index contributed by atoms with van der Waals surface area (Å²) in [5.41, 5.74) is 2.07. The van der Waals surface area contributed by atoms with Crippen LogP contribution in [0.2, 0.25) is 0 Å². The number of aromatic nitrogens is 2. The molecule has 0 radical (unpaired) electrons. The molecule has 3 atom stereocenters. The zero-order valence-corrected chi connectivity index (χ0v) is 17.5. The molecule has 0 saturated carbocycles. The average molecular weight is 423 g/mol. The Morgan fingerprint density at radius 3 is 2.77 bits per heavy atom. The van der Waals surface area contributed by atoms with Gasteiger partial charge in [-0.15, -0.1) is 0 Å². The van der Waals surface area contributed by atoms with Crippen LogP contribution < -0.4 is 4.90 Å². The van der Waals surface area contributed by atoms with Crippen molar-refractivity contribution in [3.05, 3.63) is 29.6 Å². The maximum absolute atomic E-state index is 15.9. The van der Waals surface area contributed by atoms with Crippen LogP contribution in [0.5, 0.6) is 0 Å². The molecule has 9 heteroatoms. The first-order chi connectivity index (χ1) is 15.0. The minimum Gasteiger partial charge on any atom is -0.449 e. The predicted octanol–water partition coefficient (Wildman–Crippen LogP) is 3.57. The Labute approximate surface area is 177 Å². The van der Waals surface area contributed by atoms with Gasteiger partial charge in [0.05, 0.1) is 34.7 Å². The van der Waals surface area contributed by atoms with E-state index in [1.165, 1.54) is 6.26 Å². The molecule has 5 heterocycles. The summed E-state index contributed by atoms with van der Waals surface area (Å²) in [6.45, 7) is 6.78. The van der Waals surface area contributed by atoms with Crippen molar-refractivity contribution in [2.45, 2.75) is 45.4 Å². The van der Waals surface area contributed by atoms with Crippen LogP contribution in [-0.4, -0.2) is 54.0 Å². The van der Waals surface area contributed by atoms with E-state index in [0.29, 0.717) is 48.0 Å². The third-order valence-corrected chi connectivity index (χ3v) is 6.46. The van der Waals surface area contributed by atoms with E-state index in [1.54, 1.807) is 6.92 Å². The number of aryl methyl sites for hydroxylation is 1. The Morgan fingerprint density at radius 2 is 2.03 bits per heavy atom. The summed E-state index contributed by atoms with van der Waals surface area (Å²) in [5, 5.41) is 4.70. The molecule has 1 fully saturated rings. The largest absolute Gasteiger partial charge is 0.449 e. The van der Waals surface area contributed by atoms with Crippen molar-refractivity contribution >= 4 is 29.1 Å². The highest BCUT2D eigenvalue weighted by atomic mass is 19.1. The molecular formula is C22H22FN5O3. The van der Waals surface area contributed by atoms with E-state index in [4.69, 9.17) is 13.7 Å². The number of fused-ring (bicyclic) bond motifs is 5. The van der Waals surface area contributed by atoms with E-state index in [-0.39, 0.29) is 23.8 Å². The van der Waals surface area contributed by atoms with Crippen molar-refractivity contribution in [1.82, 2.24) is 10.1 Å². The molecule has 160 valence electrons. The van der Waals surface area contributed by atoms with E-state index < -0.39 is 11.2 Å². The Balaban J connectivity index is 1.59. The molecule has 3 aromatic rings. The molecule has 0 N–H and O–H groups in total. The first kappa shape index (κ1) is 18.7. The second kappa shape index (κ2) is 6.46. The van der Waals surface area contributed by atoms with Crippen LogP contribution in [0.1, 0.15) is 25.3 Å². The van der Waals surface area contributed by atoms with Gasteiger partial charge < -0.3 is 18.6 Å². The Morgan fingerprint density at radius 1 is 1.23 bits per heavy atom. The van der Waals surface area contributed by atoms with Gasteiger partial charge >= 0.3 is 0 Å². The number of hydrogen-bond donors (Lipinski definition) is 0. The third kappa shape index (κ3) is 2.62. The van der Waals surface area contributed by atoms with E-state index in [9.17, 15) is 0 Å². The molecule has 0 aliphatic carbocycles. The number of ether oxygens (including phenoxy) is 1. The van der Waals surface area contributed by atoms with E-state index in [0.717, 1.165) is 5.56 Å². The van der Waals surface area contributed by atoms with Gasteiger partial charge in [0, 0.05) is 25.9 Å². The number of hydrogen-bond acceptors (Lipinski definition) is 8. The predicted molar refractivity (Wildman–Crippen MR) is 113 cm³/mol. The van der Waals surface area contributed by atoms with Gasteiger partial charge in [0.1, 0.15) is 24.3 Å². The van der Waals surface area contributed by atoms with Crippen molar-refractivity contribution in [1.29, 1.82) is 0 Å². The van der Waals surface area contributed by atoms with E-state index >= 15 is 4.39 Å². The molecule has 1 saturated heterocycles. The zero-order chi connectivity index (χ0) is 21.3. The molecule has 6 rings (SSSR count). The summed E-state index contributed by atoms with van der Waals surface area (Å²) in [6.07, 6.45) is 5.85. The molecule has 1 aromatic carbocycles. The van der Waals surface area contributed by atoms with Crippen LogP contribution in [0.25, 0.3) is 22.4 Å². The lowest BCUT2D eigenvalue weighted by molar-refractivity contribution is -0.0432. The number of halogens is 1. The fraction of sp³-hybridized carbons (Fsp3) is 0.455. The van der Waals surface area contributed by atoms with Crippen LogP contribution >= 0.6 is 0 Å². The third-order valence-electron chi connectivity index (χ3n) is 6.46. The van der Waals surface area contributed by atoms with Gasteiger partial charge in [-0.2, -0.15) is 0 Å². The van der Waals surface area contributed by atoms with Crippen molar-refractivity contribution in [3.8, 4) is 11.4 Å². The van der Waals surface area contributed by atoms with Gasteiger partial charge in [-0.25, -0.2) is 9.37 Å². The van der Waals surface area contributed by atoms with Gasteiger partial charge in [-0.1, -0.05) is 5.16 Å². The number of nitrogens with zero attached hydrogens (tertiary/aromatic N) is 5. The van der Waals surface area contributed by atoms with Gasteiger partial charge in [0.25, 0.3) is 0 Å². The highest BCUT2D eigenvalue weighted by Crippen LogP contribution is 2.48. The Kier molecular flexibility index (Phi) is 3.89. The molecule has 3 aliphatic heterocycles. The minimum atomic E-state index is -0.466. The number of rotatable bonds is 1. The summed E-state index contributed by atoms with van der Waals surface area (Å²) < 4.78 is 32.9. The van der Waals surface area contributed by atoms with Crippen LogP contribution in [0.15, 0.2) is 31.3 Å². The lowest BCUT2D eigenvalue weighted by Gasteiger charge is -2.54. The van der Waals surface area contributed by atoms with Gasteiger partial charge in [0.15, 0.2) is 11.7 Å². The van der Waals surface area contributed by atoms with Crippen LogP contribution in [-0.2, 0) is 11.2 Å². The highest BCUT2D eigenvalue weighted by molar-refractivity contribution is 5.98.